The van der Waals surface area contributed by atoms with Crippen molar-refractivity contribution in [1.82, 2.24) is 0 Å². The third-order valence-corrected chi connectivity index (χ3v) is 1.31. The highest BCUT2D eigenvalue weighted by atomic mass is 28.2. The molecule has 0 radical (unpaired) electrons. The lowest BCUT2D eigenvalue weighted by Gasteiger charge is -1.93. The molecule has 0 rings (SSSR count). The summed E-state index contributed by atoms with van der Waals surface area (Å²) in [6.45, 7) is 1.57. The van der Waals surface area contributed by atoms with E-state index in [1.807, 2.05) is 0 Å². The van der Waals surface area contributed by atoms with Crippen LogP contribution in [0, 0.1) is 0 Å². The molecule has 0 aliphatic rings. The fourth-order valence-electron chi connectivity index (χ4n) is 0.167. The van der Waals surface area contributed by atoms with Crippen molar-refractivity contribution in [2.24, 2.45) is 0 Å². The molecular formula is C2H10O2Si2. The first-order chi connectivity index (χ1) is 2.91. The molecule has 0 aromatic heterocycles. The molecule has 0 aliphatic carbocycles. The summed E-state index contributed by atoms with van der Waals surface area (Å²) in [5.74, 6) is 0. The predicted molar refractivity (Wildman–Crippen MR) is 31.8 cm³/mol. The summed E-state index contributed by atoms with van der Waals surface area (Å²) in [6.07, 6.45) is 0. The van der Waals surface area contributed by atoms with E-state index in [-0.39, 0.29) is 0 Å². The molecule has 0 heterocycles. The molecule has 0 aromatic rings. The highest BCUT2D eigenvalue weighted by Crippen LogP contribution is 1.63. The van der Waals surface area contributed by atoms with Crippen molar-refractivity contribution in [3.63, 3.8) is 0 Å². The van der Waals surface area contributed by atoms with E-state index in [4.69, 9.17) is 8.85 Å². The summed E-state index contributed by atoms with van der Waals surface area (Å²) in [6, 6.07) is 0. The number of rotatable bonds is 3. The molecule has 0 amide bonds. The van der Waals surface area contributed by atoms with Gasteiger partial charge in [0.1, 0.15) is 21.0 Å². The van der Waals surface area contributed by atoms with Gasteiger partial charge in [0.15, 0.2) is 0 Å². The van der Waals surface area contributed by atoms with Crippen LogP contribution in [0.1, 0.15) is 0 Å². The Morgan fingerprint density at radius 1 is 1.00 bits per heavy atom. The molecule has 0 unspecified atom stereocenters. The van der Waals surface area contributed by atoms with Crippen molar-refractivity contribution in [1.29, 1.82) is 0 Å². The predicted octanol–water partition coefficient (Wildman–Crippen LogP) is -2.42. The van der Waals surface area contributed by atoms with E-state index in [9.17, 15) is 0 Å². The van der Waals surface area contributed by atoms with Gasteiger partial charge in [-0.05, 0) is 0 Å². The molecule has 38 valence electrons. The van der Waals surface area contributed by atoms with Crippen LogP contribution in [0.4, 0.5) is 0 Å². The molecular weight excluding hydrogens is 112 g/mol. The van der Waals surface area contributed by atoms with E-state index < -0.39 is 0 Å². The quantitative estimate of drug-likeness (QED) is 0.306. The third kappa shape index (κ3) is 4.35. The summed E-state index contributed by atoms with van der Waals surface area (Å²) in [4.78, 5) is 0. The Labute approximate surface area is 43.9 Å². The van der Waals surface area contributed by atoms with Crippen molar-refractivity contribution in [2.75, 3.05) is 13.2 Å². The molecule has 0 fully saturated rings. The van der Waals surface area contributed by atoms with Gasteiger partial charge in [0.25, 0.3) is 0 Å². The average Bonchev–Trinajstić information content (AvgIpc) is 1.61. The third-order valence-electron chi connectivity index (χ3n) is 0.492. The molecule has 0 saturated carbocycles. The number of hydrogen-bond donors (Lipinski definition) is 0. The van der Waals surface area contributed by atoms with Crippen LogP contribution in [0.15, 0.2) is 0 Å². The van der Waals surface area contributed by atoms with Crippen LogP contribution in [-0.4, -0.2) is 34.2 Å². The lowest BCUT2D eigenvalue weighted by Crippen LogP contribution is -1.98. The van der Waals surface area contributed by atoms with Gasteiger partial charge >= 0.3 is 0 Å². The molecule has 0 spiro atoms. The minimum atomic E-state index is 0.787. The first kappa shape index (κ1) is 6.35. The van der Waals surface area contributed by atoms with E-state index in [1.54, 1.807) is 0 Å². The Morgan fingerprint density at radius 2 is 1.33 bits per heavy atom. The molecule has 0 N–H and O–H groups in total. The van der Waals surface area contributed by atoms with Gasteiger partial charge in [0.2, 0.25) is 0 Å². The highest BCUT2D eigenvalue weighted by molar-refractivity contribution is 5.98. The number of hydrogen-bond acceptors (Lipinski definition) is 2. The van der Waals surface area contributed by atoms with Crippen molar-refractivity contribution in [3.05, 3.63) is 0 Å². The summed E-state index contributed by atoms with van der Waals surface area (Å²) in [7, 11) is 1.68. The normalized spacial score (nSPS) is 10.0. The maximum absolute atomic E-state index is 4.82. The van der Waals surface area contributed by atoms with Gasteiger partial charge in [-0.3, -0.25) is 0 Å². The van der Waals surface area contributed by atoms with E-state index in [1.165, 1.54) is 0 Å². The van der Waals surface area contributed by atoms with Crippen molar-refractivity contribution < 1.29 is 8.85 Å². The molecule has 2 nitrogen and oxygen atoms in total. The zero-order chi connectivity index (χ0) is 4.83. The largest absolute Gasteiger partial charge is 0.426 e. The summed E-state index contributed by atoms with van der Waals surface area (Å²) in [5, 5.41) is 0. The zero-order valence-corrected chi connectivity index (χ0v) is 8.23. The maximum Gasteiger partial charge on any atom is 0.146 e. The smallest absolute Gasteiger partial charge is 0.146 e. The van der Waals surface area contributed by atoms with Crippen molar-refractivity contribution in [2.45, 2.75) is 0 Å². The molecule has 0 aliphatic heterocycles. The maximum atomic E-state index is 4.82. The Kier molecular flexibility index (Phi) is 5.67. The highest BCUT2D eigenvalue weighted by Gasteiger charge is 1.72. The van der Waals surface area contributed by atoms with Gasteiger partial charge in [-0.25, -0.2) is 0 Å². The summed E-state index contributed by atoms with van der Waals surface area (Å²) < 4.78 is 9.64. The fourth-order valence-corrected chi connectivity index (χ4v) is 0.500. The second kappa shape index (κ2) is 5.35. The Balaban J connectivity index is 2.34. The minimum Gasteiger partial charge on any atom is -0.426 e. The average molecular weight is 122 g/mol. The van der Waals surface area contributed by atoms with E-state index >= 15 is 0 Å². The van der Waals surface area contributed by atoms with Gasteiger partial charge in [-0.2, -0.15) is 0 Å². The Bertz CT molecular complexity index is 21.5. The van der Waals surface area contributed by atoms with E-state index in [0.29, 0.717) is 0 Å². The second-order valence-electron chi connectivity index (χ2n) is 0.986. The van der Waals surface area contributed by atoms with Crippen molar-refractivity contribution in [3.8, 4) is 0 Å². The lowest BCUT2D eigenvalue weighted by atomic mass is 10.8. The fraction of sp³-hybridized carbons (Fsp3) is 1.00. The minimum absolute atomic E-state index is 0.787. The Morgan fingerprint density at radius 3 is 1.50 bits per heavy atom. The van der Waals surface area contributed by atoms with Gasteiger partial charge in [-0.1, -0.05) is 0 Å². The van der Waals surface area contributed by atoms with Crippen LogP contribution in [0.3, 0.4) is 0 Å². The first-order valence-electron chi connectivity index (χ1n) is 1.89. The Hall–Kier alpha value is 0.354. The van der Waals surface area contributed by atoms with Crippen LogP contribution in [0.5, 0.6) is 0 Å². The summed E-state index contributed by atoms with van der Waals surface area (Å²) in [5.41, 5.74) is 0. The molecule has 4 heteroatoms. The lowest BCUT2D eigenvalue weighted by molar-refractivity contribution is 0.242. The van der Waals surface area contributed by atoms with Crippen molar-refractivity contribution >= 4 is 21.0 Å². The van der Waals surface area contributed by atoms with Gasteiger partial charge in [0.05, 0.1) is 13.2 Å². The standard InChI is InChI=1S/C2H10O2Si2/c5-3-1-2-4-6/h1-2H2,5-6H3. The van der Waals surface area contributed by atoms with Crippen LogP contribution in [0.2, 0.25) is 0 Å². The monoisotopic (exact) mass is 122 g/mol. The summed E-state index contributed by atoms with van der Waals surface area (Å²) >= 11 is 0. The first-order valence-corrected chi connectivity index (χ1v) is 3.53. The molecule has 0 bridgehead atoms. The molecule has 0 atom stereocenters. The van der Waals surface area contributed by atoms with Gasteiger partial charge < -0.3 is 8.85 Å². The van der Waals surface area contributed by atoms with Gasteiger partial charge in [0, 0.05) is 0 Å². The zero-order valence-electron chi connectivity index (χ0n) is 4.23. The molecule has 6 heavy (non-hydrogen) atoms. The second-order valence-corrected chi connectivity index (χ2v) is 2.14. The molecule has 0 saturated heterocycles. The van der Waals surface area contributed by atoms with Gasteiger partial charge in [-0.15, -0.1) is 0 Å². The van der Waals surface area contributed by atoms with Crippen LogP contribution >= 0.6 is 0 Å². The van der Waals surface area contributed by atoms with E-state index in [2.05, 4.69) is 0 Å². The topological polar surface area (TPSA) is 18.5 Å². The molecule has 0 aromatic carbocycles. The van der Waals surface area contributed by atoms with Crippen LogP contribution in [-0.2, 0) is 8.85 Å². The SMILES string of the molecule is [SiH3]OCCO[SiH3]. The van der Waals surface area contributed by atoms with Crippen LogP contribution in [0.25, 0.3) is 0 Å². The van der Waals surface area contributed by atoms with E-state index in [0.717, 1.165) is 34.2 Å². The van der Waals surface area contributed by atoms with Crippen LogP contribution < -0.4 is 0 Å².